The highest BCUT2D eigenvalue weighted by atomic mass is 16.3. The Kier molecular flexibility index (Phi) is 5.17. The summed E-state index contributed by atoms with van der Waals surface area (Å²) in [5.41, 5.74) is 1.59. The zero-order valence-corrected chi connectivity index (χ0v) is 11.5. The van der Waals surface area contributed by atoms with Crippen molar-refractivity contribution in [2.45, 2.75) is 13.1 Å². The van der Waals surface area contributed by atoms with E-state index in [4.69, 9.17) is 0 Å². The van der Waals surface area contributed by atoms with E-state index in [9.17, 15) is 15.0 Å². The van der Waals surface area contributed by atoms with Crippen LogP contribution in [0.4, 0.5) is 0 Å². The Morgan fingerprint density at radius 3 is 2.48 bits per heavy atom. The van der Waals surface area contributed by atoms with Gasteiger partial charge in [0.05, 0.1) is 6.54 Å². The molecule has 0 aliphatic carbocycles. The molecule has 0 aliphatic rings. The first-order chi connectivity index (χ1) is 10.2. The number of carbonyl (C=O) groups is 1. The number of benzene rings is 2. The van der Waals surface area contributed by atoms with E-state index in [0.29, 0.717) is 18.7 Å². The van der Waals surface area contributed by atoms with E-state index in [0.717, 1.165) is 5.56 Å². The number of nitrogens with one attached hydrogen (secondary N) is 2. The highest BCUT2D eigenvalue weighted by Gasteiger charge is 2.06. The standard InChI is InChI=1S/C16H18N2O3/c19-14-8-4-7-13(16(14)21)10-17-11-15(20)18-9-12-5-2-1-3-6-12/h1-8,17,19,21H,9-11H2,(H,18,20). The molecule has 2 rings (SSSR count). The maximum atomic E-state index is 11.7. The Balaban J connectivity index is 1.73. The van der Waals surface area contributed by atoms with Gasteiger partial charge >= 0.3 is 0 Å². The average molecular weight is 286 g/mol. The number of carbonyl (C=O) groups excluding carboxylic acids is 1. The molecule has 2 aromatic carbocycles. The van der Waals surface area contributed by atoms with Crippen LogP contribution in [-0.4, -0.2) is 22.7 Å². The van der Waals surface area contributed by atoms with Crippen molar-refractivity contribution in [3.8, 4) is 11.5 Å². The summed E-state index contributed by atoms with van der Waals surface area (Å²) in [7, 11) is 0. The van der Waals surface area contributed by atoms with Crippen LogP contribution in [0, 0.1) is 0 Å². The predicted molar refractivity (Wildman–Crippen MR) is 79.8 cm³/mol. The van der Waals surface area contributed by atoms with Crippen LogP contribution >= 0.6 is 0 Å². The van der Waals surface area contributed by atoms with Crippen molar-refractivity contribution < 1.29 is 15.0 Å². The lowest BCUT2D eigenvalue weighted by Crippen LogP contribution is -2.33. The number of phenols is 2. The van der Waals surface area contributed by atoms with Gasteiger partial charge in [-0.25, -0.2) is 0 Å². The van der Waals surface area contributed by atoms with Gasteiger partial charge in [-0.05, 0) is 11.6 Å². The summed E-state index contributed by atoms with van der Waals surface area (Å²) in [5.74, 6) is -0.448. The van der Waals surface area contributed by atoms with E-state index in [2.05, 4.69) is 10.6 Å². The lowest BCUT2D eigenvalue weighted by Gasteiger charge is -2.08. The van der Waals surface area contributed by atoms with Crippen LogP contribution in [-0.2, 0) is 17.9 Å². The number of aromatic hydroxyl groups is 2. The molecule has 0 atom stereocenters. The summed E-state index contributed by atoms with van der Waals surface area (Å²) in [6.07, 6.45) is 0. The third-order valence-corrected chi connectivity index (χ3v) is 3.03. The fourth-order valence-corrected chi connectivity index (χ4v) is 1.89. The van der Waals surface area contributed by atoms with Gasteiger partial charge in [0, 0.05) is 18.7 Å². The molecule has 0 bridgehead atoms. The fourth-order valence-electron chi connectivity index (χ4n) is 1.89. The Hall–Kier alpha value is -2.53. The summed E-state index contributed by atoms with van der Waals surface area (Å²) in [6, 6.07) is 14.4. The maximum absolute atomic E-state index is 11.7. The molecule has 0 unspecified atom stereocenters. The minimum atomic E-state index is -0.164. The first kappa shape index (κ1) is 14.9. The Morgan fingerprint density at radius 1 is 0.952 bits per heavy atom. The van der Waals surface area contributed by atoms with Gasteiger partial charge in [0.15, 0.2) is 11.5 Å². The number of hydrogen-bond donors (Lipinski definition) is 4. The summed E-state index contributed by atoms with van der Waals surface area (Å²) in [6.45, 7) is 0.930. The van der Waals surface area contributed by atoms with Gasteiger partial charge in [-0.1, -0.05) is 42.5 Å². The van der Waals surface area contributed by atoms with Gasteiger partial charge in [0.25, 0.3) is 0 Å². The van der Waals surface area contributed by atoms with Crippen molar-refractivity contribution in [3.05, 3.63) is 59.7 Å². The topological polar surface area (TPSA) is 81.6 Å². The number of para-hydroxylation sites is 1. The molecule has 2 aromatic rings. The molecular formula is C16H18N2O3. The van der Waals surface area contributed by atoms with Crippen LogP contribution in [0.25, 0.3) is 0 Å². The van der Waals surface area contributed by atoms with Crippen LogP contribution in [0.2, 0.25) is 0 Å². The molecule has 0 spiro atoms. The van der Waals surface area contributed by atoms with Crippen LogP contribution in [0.3, 0.4) is 0 Å². The number of phenolic OH excluding ortho intramolecular Hbond substituents is 2. The van der Waals surface area contributed by atoms with Crippen LogP contribution < -0.4 is 10.6 Å². The molecule has 0 saturated heterocycles. The van der Waals surface area contributed by atoms with Gasteiger partial charge in [-0.2, -0.15) is 0 Å². The van der Waals surface area contributed by atoms with E-state index in [1.807, 2.05) is 30.3 Å². The lowest BCUT2D eigenvalue weighted by molar-refractivity contribution is -0.120. The van der Waals surface area contributed by atoms with Crippen molar-refractivity contribution in [1.29, 1.82) is 0 Å². The molecule has 110 valence electrons. The highest BCUT2D eigenvalue weighted by molar-refractivity contribution is 5.77. The normalized spacial score (nSPS) is 10.3. The lowest BCUT2D eigenvalue weighted by atomic mass is 10.2. The number of rotatable bonds is 6. The first-order valence-electron chi connectivity index (χ1n) is 6.68. The molecule has 21 heavy (non-hydrogen) atoms. The number of hydrogen-bond acceptors (Lipinski definition) is 4. The monoisotopic (exact) mass is 286 g/mol. The third-order valence-electron chi connectivity index (χ3n) is 3.03. The second-order valence-electron chi connectivity index (χ2n) is 4.65. The average Bonchev–Trinajstić information content (AvgIpc) is 2.50. The van der Waals surface area contributed by atoms with E-state index in [-0.39, 0.29) is 24.0 Å². The van der Waals surface area contributed by atoms with Gasteiger partial charge in [-0.3, -0.25) is 4.79 Å². The zero-order valence-electron chi connectivity index (χ0n) is 11.5. The second-order valence-corrected chi connectivity index (χ2v) is 4.65. The first-order valence-corrected chi connectivity index (χ1v) is 6.68. The highest BCUT2D eigenvalue weighted by Crippen LogP contribution is 2.27. The van der Waals surface area contributed by atoms with Crippen LogP contribution in [0.5, 0.6) is 11.5 Å². The zero-order chi connectivity index (χ0) is 15.1. The molecule has 0 aromatic heterocycles. The quantitative estimate of drug-likeness (QED) is 0.607. The summed E-state index contributed by atoms with van der Waals surface area (Å²) in [4.78, 5) is 11.7. The summed E-state index contributed by atoms with van der Waals surface area (Å²) >= 11 is 0. The number of amides is 1. The van der Waals surface area contributed by atoms with Gasteiger partial charge < -0.3 is 20.8 Å². The van der Waals surface area contributed by atoms with Crippen molar-refractivity contribution in [2.75, 3.05) is 6.54 Å². The van der Waals surface area contributed by atoms with Gasteiger partial charge in [0.2, 0.25) is 5.91 Å². The van der Waals surface area contributed by atoms with Gasteiger partial charge in [0.1, 0.15) is 0 Å². The van der Waals surface area contributed by atoms with Crippen molar-refractivity contribution in [3.63, 3.8) is 0 Å². The van der Waals surface area contributed by atoms with Crippen molar-refractivity contribution >= 4 is 5.91 Å². The van der Waals surface area contributed by atoms with Gasteiger partial charge in [-0.15, -0.1) is 0 Å². The van der Waals surface area contributed by atoms with E-state index >= 15 is 0 Å². The largest absolute Gasteiger partial charge is 0.504 e. The fraction of sp³-hybridized carbons (Fsp3) is 0.188. The molecule has 0 fully saturated rings. The van der Waals surface area contributed by atoms with Crippen molar-refractivity contribution in [2.24, 2.45) is 0 Å². The SMILES string of the molecule is O=C(CNCc1cccc(O)c1O)NCc1ccccc1. The minimum absolute atomic E-state index is 0.126. The maximum Gasteiger partial charge on any atom is 0.234 e. The Labute approximate surface area is 123 Å². The second kappa shape index (κ2) is 7.31. The van der Waals surface area contributed by atoms with Crippen LogP contribution in [0.1, 0.15) is 11.1 Å². The molecule has 0 heterocycles. The molecule has 5 heteroatoms. The predicted octanol–water partition coefficient (Wildman–Crippen LogP) is 1.50. The minimum Gasteiger partial charge on any atom is -0.504 e. The van der Waals surface area contributed by atoms with Crippen molar-refractivity contribution in [1.82, 2.24) is 10.6 Å². The Bertz CT molecular complexity index is 600. The molecular weight excluding hydrogens is 268 g/mol. The van der Waals surface area contributed by atoms with E-state index in [1.54, 1.807) is 12.1 Å². The summed E-state index contributed by atoms with van der Waals surface area (Å²) in [5, 5.41) is 24.7. The molecule has 0 radical (unpaired) electrons. The molecule has 1 amide bonds. The molecule has 4 N–H and O–H groups in total. The van der Waals surface area contributed by atoms with E-state index in [1.165, 1.54) is 6.07 Å². The molecule has 0 saturated carbocycles. The smallest absolute Gasteiger partial charge is 0.234 e. The van der Waals surface area contributed by atoms with Crippen LogP contribution in [0.15, 0.2) is 48.5 Å². The third kappa shape index (κ3) is 4.50. The van der Waals surface area contributed by atoms with E-state index < -0.39 is 0 Å². The Morgan fingerprint density at radius 2 is 1.71 bits per heavy atom. The molecule has 0 aliphatic heterocycles. The molecule has 5 nitrogen and oxygen atoms in total. The summed E-state index contributed by atoms with van der Waals surface area (Å²) < 4.78 is 0.